The number of halogens is 3. The monoisotopic (exact) mass is 318 g/mol. The van der Waals surface area contributed by atoms with Gasteiger partial charge in [0, 0.05) is 7.11 Å². The lowest BCUT2D eigenvalue weighted by molar-refractivity contribution is -0.317. The van der Waals surface area contributed by atoms with E-state index in [-0.39, 0.29) is 11.0 Å². The molecule has 0 N–H and O–H groups in total. The maximum atomic E-state index is 13.5. The predicted octanol–water partition coefficient (Wildman–Crippen LogP) is 5.16. The van der Waals surface area contributed by atoms with Gasteiger partial charge in [0.05, 0.1) is 0 Å². The van der Waals surface area contributed by atoms with E-state index in [1.54, 1.807) is 12.1 Å². The lowest BCUT2D eigenvalue weighted by atomic mass is 9.81. The molecule has 22 heavy (non-hydrogen) atoms. The Morgan fingerprint density at radius 3 is 1.82 bits per heavy atom. The van der Waals surface area contributed by atoms with E-state index in [0.717, 1.165) is 18.9 Å². The van der Waals surface area contributed by atoms with Gasteiger partial charge in [0.15, 0.2) is 11.9 Å². The van der Waals surface area contributed by atoms with Crippen LogP contribution in [0.15, 0.2) is 24.3 Å². The molecule has 1 aromatic rings. The normalized spacial score (nSPS) is 17.1. The lowest BCUT2D eigenvalue weighted by Gasteiger charge is -2.35. The first-order valence-electron chi connectivity index (χ1n) is 7.36. The Bertz CT molecular complexity index is 480. The Hall–Kier alpha value is -1.07. The molecule has 2 atom stereocenters. The number of rotatable bonds is 6. The van der Waals surface area contributed by atoms with Crippen molar-refractivity contribution in [1.82, 2.24) is 0 Å². The standard InChI is InChI=1S/C17H25F3O2/c1-7-15(3,4)13-8-10-14(11-9-13)16(5,17(18,19)20)22-12(2)21-6/h8-12H,7H2,1-6H3. The Morgan fingerprint density at radius 2 is 1.45 bits per heavy atom. The molecule has 126 valence electrons. The summed E-state index contributed by atoms with van der Waals surface area (Å²) in [5.41, 5.74) is -1.41. The molecule has 0 amide bonds. The van der Waals surface area contributed by atoms with Crippen molar-refractivity contribution in [3.05, 3.63) is 35.4 Å². The molecule has 1 aromatic carbocycles. The van der Waals surface area contributed by atoms with Gasteiger partial charge in [-0.1, -0.05) is 45.0 Å². The van der Waals surface area contributed by atoms with Crippen LogP contribution < -0.4 is 0 Å². The number of alkyl halides is 3. The molecular formula is C17H25F3O2. The van der Waals surface area contributed by atoms with E-state index >= 15 is 0 Å². The SMILES string of the molecule is CCC(C)(C)c1ccc(C(C)(OC(C)OC)C(F)(F)F)cc1. The molecule has 5 heteroatoms. The molecule has 0 fully saturated rings. The smallest absolute Gasteiger partial charge is 0.356 e. The Morgan fingerprint density at radius 1 is 1.00 bits per heavy atom. The average molecular weight is 318 g/mol. The van der Waals surface area contributed by atoms with Gasteiger partial charge >= 0.3 is 6.18 Å². The lowest BCUT2D eigenvalue weighted by Crippen LogP contribution is -2.44. The highest BCUT2D eigenvalue weighted by atomic mass is 19.4. The predicted molar refractivity (Wildman–Crippen MR) is 80.7 cm³/mol. The van der Waals surface area contributed by atoms with E-state index in [1.807, 2.05) is 0 Å². The van der Waals surface area contributed by atoms with Crippen LogP contribution in [-0.2, 0) is 20.5 Å². The molecule has 2 unspecified atom stereocenters. The molecule has 0 aliphatic carbocycles. The first-order chi connectivity index (χ1) is 9.98. The van der Waals surface area contributed by atoms with Gasteiger partial charge in [0.1, 0.15) is 0 Å². The van der Waals surface area contributed by atoms with Crippen molar-refractivity contribution < 1.29 is 22.6 Å². The summed E-state index contributed by atoms with van der Waals surface area (Å²) in [4.78, 5) is 0. The fraction of sp³-hybridized carbons (Fsp3) is 0.647. The molecule has 0 radical (unpaired) electrons. The highest BCUT2D eigenvalue weighted by molar-refractivity contribution is 5.32. The Labute approximate surface area is 130 Å². The van der Waals surface area contributed by atoms with E-state index in [0.29, 0.717) is 0 Å². The molecular weight excluding hydrogens is 293 g/mol. The summed E-state index contributed by atoms with van der Waals surface area (Å²) in [6.45, 7) is 8.65. The van der Waals surface area contributed by atoms with Crippen molar-refractivity contribution in [2.24, 2.45) is 0 Å². The highest BCUT2D eigenvalue weighted by Crippen LogP contribution is 2.43. The Balaban J connectivity index is 3.22. The second kappa shape index (κ2) is 6.59. The van der Waals surface area contributed by atoms with Gasteiger partial charge in [-0.2, -0.15) is 13.2 Å². The summed E-state index contributed by atoms with van der Waals surface area (Å²) < 4.78 is 50.5. The van der Waals surface area contributed by atoms with E-state index in [4.69, 9.17) is 9.47 Å². The van der Waals surface area contributed by atoms with Crippen LogP contribution in [0.2, 0.25) is 0 Å². The molecule has 0 spiro atoms. The van der Waals surface area contributed by atoms with Crippen LogP contribution in [0, 0.1) is 0 Å². The van der Waals surface area contributed by atoms with Crippen molar-refractivity contribution in [2.75, 3.05) is 7.11 Å². The molecule has 0 bridgehead atoms. The second-order valence-corrected chi connectivity index (χ2v) is 6.27. The second-order valence-electron chi connectivity index (χ2n) is 6.27. The van der Waals surface area contributed by atoms with Crippen molar-refractivity contribution in [2.45, 2.75) is 64.5 Å². The molecule has 2 nitrogen and oxygen atoms in total. The Kier molecular flexibility index (Phi) is 5.68. The summed E-state index contributed by atoms with van der Waals surface area (Å²) in [5, 5.41) is 0. The van der Waals surface area contributed by atoms with Crippen LogP contribution in [0.1, 0.15) is 52.2 Å². The first kappa shape index (κ1) is 19.0. The fourth-order valence-corrected chi connectivity index (χ4v) is 2.12. The van der Waals surface area contributed by atoms with Crippen LogP contribution in [-0.4, -0.2) is 19.6 Å². The van der Waals surface area contributed by atoms with E-state index in [2.05, 4.69) is 20.8 Å². The van der Waals surface area contributed by atoms with Gasteiger partial charge in [0.2, 0.25) is 0 Å². The van der Waals surface area contributed by atoms with Gasteiger partial charge in [-0.25, -0.2) is 0 Å². The summed E-state index contributed by atoms with van der Waals surface area (Å²) >= 11 is 0. The maximum absolute atomic E-state index is 13.5. The highest BCUT2D eigenvalue weighted by Gasteiger charge is 2.54. The fourth-order valence-electron chi connectivity index (χ4n) is 2.12. The molecule has 0 saturated carbocycles. The third-order valence-corrected chi connectivity index (χ3v) is 4.38. The number of benzene rings is 1. The summed E-state index contributed by atoms with van der Waals surface area (Å²) in [7, 11) is 1.31. The minimum absolute atomic E-state index is 0.0690. The van der Waals surface area contributed by atoms with Crippen molar-refractivity contribution in [1.29, 1.82) is 0 Å². The minimum atomic E-state index is -4.54. The van der Waals surface area contributed by atoms with Gasteiger partial charge in [-0.05, 0) is 36.8 Å². The summed E-state index contributed by atoms with van der Waals surface area (Å²) in [6.07, 6.45) is -4.60. The van der Waals surface area contributed by atoms with Crippen LogP contribution >= 0.6 is 0 Å². The number of methoxy groups -OCH3 is 1. The van der Waals surface area contributed by atoms with Crippen LogP contribution in [0.4, 0.5) is 13.2 Å². The average Bonchev–Trinajstić information content (AvgIpc) is 2.45. The molecule has 0 aliphatic rings. The maximum Gasteiger partial charge on any atom is 0.421 e. The number of ether oxygens (including phenoxy) is 2. The van der Waals surface area contributed by atoms with Gasteiger partial charge < -0.3 is 9.47 Å². The van der Waals surface area contributed by atoms with Gasteiger partial charge in [0.25, 0.3) is 0 Å². The van der Waals surface area contributed by atoms with E-state index in [1.165, 1.54) is 26.2 Å². The quantitative estimate of drug-likeness (QED) is 0.674. The number of hydrogen-bond acceptors (Lipinski definition) is 2. The molecule has 0 saturated heterocycles. The summed E-state index contributed by atoms with van der Waals surface area (Å²) in [5.74, 6) is 0. The van der Waals surface area contributed by atoms with Crippen molar-refractivity contribution in [3.63, 3.8) is 0 Å². The summed E-state index contributed by atoms with van der Waals surface area (Å²) in [6, 6.07) is 6.46. The zero-order valence-electron chi connectivity index (χ0n) is 14.0. The zero-order valence-corrected chi connectivity index (χ0v) is 14.0. The van der Waals surface area contributed by atoms with Gasteiger partial charge in [-0.3, -0.25) is 0 Å². The van der Waals surface area contributed by atoms with Crippen molar-refractivity contribution >= 4 is 0 Å². The molecule has 0 heterocycles. The molecule has 0 aromatic heterocycles. The molecule has 0 aliphatic heterocycles. The minimum Gasteiger partial charge on any atom is -0.356 e. The topological polar surface area (TPSA) is 18.5 Å². The van der Waals surface area contributed by atoms with Crippen LogP contribution in [0.3, 0.4) is 0 Å². The van der Waals surface area contributed by atoms with E-state index in [9.17, 15) is 13.2 Å². The molecule has 1 rings (SSSR count). The van der Waals surface area contributed by atoms with Gasteiger partial charge in [-0.15, -0.1) is 0 Å². The number of hydrogen-bond donors (Lipinski definition) is 0. The van der Waals surface area contributed by atoms with E-state index < -0.39 is 18.1 Å². The third kappa shape index (κ3) is 3.82. The first-order valence-corrected chi connectivity index (χ1v) is 7.36. The third-order valence-electron chi connectivity index (χ3n) is 4.38. The van der Waals surface area contributed by atoms with Crippen LogP contribution in [0.25, 0.3) is 0 Å². The van der Waals surface area contributed by atoms with Crippen LogP contribution in [0.5, 0.6) is 0 Å². The largest absolute Gasteiger partial charge is 0.421 e. The zero-order chi connectivity index (χ0) is 17.2. The van der Waals surface area contributed by atoms with Crippen molar-refractivity contribution in [3.8, 4) is 0 Å².